The van der Waals surface area contributed by atoms with Crippen LogP contribution < -0.4 is 4.72 Å². The maximum atomic E-state index is 12.0. The molecule has 0 aliphatic heterocycles. The van der Waals surface area contributed by atoms with Crippen molar-refractivity contribution in [3.8, 4) is 0 Å². The van der Waals surface area contributed by atoms with Gasteiger partial charge in [0.15, 0.2) is 0 Å². The topological polar surface area (TPSA) is 83.5 Å². The van der Waals surface area contributed by atoms with E-state index >= 15 is 0 Å². The summed E-state index contributed by atoms with van der Waals surface area (Å²) in [4.78, 5) is 11.1. The molecule has 1 aromatic carbocycles. The van der Waals surface area contributed by atoms with Crippen LogP contribution in [0.3, 0.4) is 0 Å². The summed E-state index contributed by atoms with van der Waals surface area (Å²) in [6.45, 7) is 5.39. The van der Waals surface area contributed by atoms with Crippen LogP contribution >= 0.6 is 15.9 Å². The smallest absolute Gasteiger partial charge is 0.337 e. The van der Waals surface area contributed by atoms with Gasteiger partial charge in [-0.3, -0.25) is 4.72 Å². The van der Waals surface area contributed by atoms with E-state index in [1.807, 2.05) is 0 Å². The van der Waals surface area contributed by atoms with E-state index in [0.717, 1.165) is 0 Å². The maximum absolute atomic E-state index is 12.0. The Labute approximate surface area is 121 Å². The predicted molar refractivity (Wildman–Crippen MR) is 78.0 cm³/mol. The lowest BCUT2D eigenvalue weighted by molar-refractivity contribution is 0.0698. The fourth-order valence-corrected chi connectivity index (χ4v) is 3.64. The maximum Gasteiger partial charge on any atom is 0.337 e. The second kappa shape index (κ2) is 5.50. The molecule has 1 rings (SSSR count). The Hall–Kier alpha value is -1.08. The third-order valence-electron chi connectivity index (χ3n) is 2.10. The van der Waals surface area contributed by atoms with E-state index in [9.17, 15) is 13.2 Å². The van der Waals surface area contributed by atoms with E-state index in [1.54, 1.807) is 26.8 Å². The fraction of sp³-hybridized carbons (Fsp3) is 0.417. The number of benzene rings is 1. The van der Waals surface area contributed by atoms with Gasteiger partial charge in [-0.25, -0.2) is 13.2 Å². The number of hydrogen-bond acceptors (Lipinski definition) is 3. The molecule has 106 valence electrons. The molecule has 7 heteroatoms. The van der Waals surface area contributed by atoms with Crippen molar-refractivity contribution in [2.75, 3.05) is 10.5 Å². The van der Waals surface area contributed by atoms with Crippen molar-refractivity contribution in [3.63, 3.8) is 0 Å². The van der Waals surface area contributed by atoms with Crippen LogP contribution in [0.4, 0.5) is 5.69 Å². The number of nitrogens with one attached hydrogen (secondary N) is 1. The van der Waals surface area contributed by atoms with E-state index in [4.69, 9.17) is 5.11 Å². The van der Waals surface area contributed by atoms with Gasteiger partial charge in [0, 0.05) is 4.47 Å². The second-order valence-corrected chi connectivity index (χ2v) is 8.05. The molecule has 0 atom stereocenters. The van der Waals surface area contributed by atoms with Crippen molar-refractivity contribution in [1.82, 2.24) is 0 Å². The Balaban J connectivity index is 3.10. The minimum Gasteiger partial charge on any atom is -0.478 e. The second-order valence-electron chi connectivity index (χ2n) is 5.42. The zero-order valence-corrected chi connectivity index (χ0v) is 13.3. The number of hydrogen-bond donors (Lipinski definition) is 2. The normalized spacial score (nSPS) is 12.2. The van der Waals surface area contributed by atoms with Crippen molar-refractivity contribution >= 4 is 37.6 Å². The minimum absolute atomic E-state index is 0.0694. The van der Waals surface area contributed by atoms with E-state index in [0.29, 0.717) is 4.47 Å². The van der Waals surface area contributed by atoms with Gasteiger partial charge in [0.2, 0.25) is 10.0 Å². The third kappa shape index (κ3) is 5.20. The Kier molecular flexibility index (Phi) is 4.63. The van der Waals surface area contributed by atoms with Gasteiger partial charge in [-0.1, -0.05) is 36.7 Å². The zero-order valence-electron chi connectivity index (χ0n) is 10.9. The summed E-state index contributed by atoms with van der Waals surface area (Å²) < 4.78 is 26.8. The van der Waals surface area contributed by atoms with Crippen molar-refractivity contribution in [2.45, 2.75) is 20.8 Å². The third-order valence-corrected chi connectivity index (χ3v) is 4.37. The molecule has 0 bridgehead atoms. The van der Waals surface area contributed by atoms with Gasteiger partial charge in [-0.2, -0.15) is 0 Å². The molecule has 0 saturated heterocycles. The van der Waals surface area contributed by atoms with Crippen molar-refractivity contribution < 1.29 is 18.3 Å². The molecule has 19 heavy (non-hydrogen) atoms. The molecular weight excluding hydrogens is 334 g/mol. The Morgan fingerprint density at radius 2 is 1.95 bits per heavy atom. The van der Waals surface area contributed by atoms with E-state index < -0.39 is 21.4 Å². The lowest BCUT2D eigenvalue weighted by Gasteiger charge is -2.19. The van der Waals surface area contributed by atoms with E-state index in [1.165, 1.54) is 12.1 Å². The van der Waals surface area contributed by atoms with Gasteiger partial charge in [0.05, 0.1) is 17.0 Å². The molecule has 2 N–H and O–H groups in total. The van der Waals surface area contributed by atoms with Crippen LogP contribution in [0.15, 0.2) is 22.7 Å². The van der Waals surface area contributed by atoms with Gasteiger partial charge in [-0.15, -0.1) is 0 Å². The number of carboxylic acid groups (broad SMARTS) is 1. The number of sulfonamides is 1. The lowest BCUT2D eigenvalue weighted by atomic mass is 10.0. The number of rotatable bonds is 4. The molecule has 0 spiro atoms. The zero-order chi connectivity index (χ0) is 14.8. The highest BCUT2D eigenvalue weighted by molar-refractivity contribution is 9.10. The molecule has 0 aliphatic carbocycles. The summed E-state index contributed by atoms with van der Waals surface area (Å²) in [5.74, 6) is -1.27. The number of halogens is 1. The quantitative estimate of drug-likeness (QED) is 0.875. The molecule has 0 aromatic heterocycles. The van der Waals surface area contributed by atoms with E-state index in [2.05, 4.69) is 20.7 Å². The standard InChI is InChI=1S/C12H16BrNO4S/c1-12(2,3)7-19(17,18)14-10-5-4-8(13)6-9(10)11(15)16/h4-6,14H,7H2,1-3H3,(H,15,16). The highest BCUT2D eigenvalue weighted by Gasteiger charge is 2.23. The summed E-state index contributed by atoms with van der Waals surface area (Å²) in [6, 6.07) is 4.37. The Bertz CT molecular complexity index is 590. The van der Waals surface area contributed by atoms with Crippen LogP contribution in [0.25, 0.3) is 0 Å². The molecule has 5 nitrogen and oxygen atoms in total. The molecule has 0 aliphatic rings. The van der Waals surface area contributed by atoms with Crippen molar-refractivity contribution in [3.05, 3.63) is 28.2 Å². The Morgan fingerprint density at radius 1 is 1.37 bits per heavy atom. The monoisotopic (exact) mass is 349 g/mol. The molecule has 0 radical (unpaired) electrons. The molecule has 0 unspecified atom stereocenters. The highest BCUT2D eigenvalue weighted by Crippen LogP contribution is 2.24. The number of anilines is 1. The number of carboxylic acids is 1. The van der Waals surface area contributed by atoms with Gasteiger partial charge < -0.3 is 5.11 Å². The average molecular weight is 350 g/mol. The average Bonchev–Trinajstić information content (AvgIpc) is 2.16. The first kappa shape index (κ1) is 16.0. The SMILES string of the molecule is CC(C)(C)CS(=O)(=O)Nc1ccc(Br)cc1C(=O)O. The molecule has 0 fully saturated rings. The van der Waals surface area contributed by atoms with Crippen LogP contribution in [0.1, 0.15) is 31.1 Å². The van der Waals surface area contributed by atoms with Crippen molar-refractivity contribution in [2.24, 2.45) is 5.41 Å². The first-order valence-corrected chi connectivity index (χ1v) is 7.98. The fourth-order valence-electron chi connectivity index (χ4n) is 1.56. The summed E-state index contributed by atoms with van der Waals surface area (Å²) in [7, 11) is -3.59. The van der Waals surface area contributed by atoms with Crippen LogP contribution in [0.5, 0.6) is 0 Å². The molecule has 1 aromatic rings. The minimum atomic E-state index is -3.59. The van der Waals surface area contributed by atoms with Gasteiger partial charge in [0.25, 0.3) is 0 Å². The van der Waals surface area contributed by atoms with Crippen LogP contribution in [0, 0.1) is 5.41 Å². The summed E-state index contributed by atoms with van der Waals surface area (Å²) in [6.07, 6.45) is 0. The van der Waals surface area contributed by atoms with Crippen LogP contribution in [0.2, 0.25) is 0 Å². The molecular formula is C12H16BrNO4S. The van der Waals surface area contributed by atoms with Gasteiger partial charge in [0.1, 0.15) is 0 Å². The van der Waals surface area contributed by atoms with E-state index in [-0.39, 0.29) is 17.0 Å². The number of aromatic carboxylic acids is 1. The van der Waals surface area contributed by atoms with Gasteiger partial charge >= 0.3 is 5.97 Å². The van der Waals surface area contributed by atoms with Crippen LogP contribution in [-0.4, -0.2) is 25.2 Å². The largest absolute Gasteiger partial charge is 0.478 e. The first-order valence-electron chi connectivity index (χ1n) is 5.53. The summed E-state index contributed by atoms with van der Waals surface area (Å²) in [5.41, 5.74) is -0.434. The molecule has 0 amide bonds. The van der Waals surface area contributed by atoms with Crippen LogP contribution in [-0.2, 0) is 10.0 Å². The first-order chi connectivity index (χ1) is 8.50. The summed E-state index contributed by atoms with van der Waals surface area (Å²) in [5, 5.41) is 9.06. The summed E-state index contributed by atoms with van der Waals surface area (Å²) >= 11 is 3.15. The predicted octanol–water partition coefficient (Wildman–Crippen LogP) is 2.94. The lowest BCUT2D eigenvalue weighted by Crippen LogP contribution is -2.26. The van der Waals surface area contributed by atoms with Gasteiger partial charge in [-0.05, 0) is 23.6 Å². The Morgan fingerprint density at radius 3 is 2.42 bits per heavy atom. The van der Waals surface area contributed by atoms with Crippen molar-refractivity contribution in [1.29, 1.82) is 0 Å². The molecule has 0 saturated carbocycles. The number of carbonyl (C=O) groups is 1. The molecule has 0 heterocycles. The highest BCUT2D eigenvalue weighted by atomic mass is 79.9.